The summed E-state index contributed by atoms with van der Waals surface area (Å²) in [5.74, 6) is -2.19. The molecule has 0 fully saturated rings. The number of rotatable bonds is 7. The van der Waals surface area contributed by atoms with Gasteiger partial charge in [-0.2, -0.15) is 9.94 Å². The number of ether oxygens (including phenoxy) is 1. The molecule has 3 N–H and O–H groups in total. The zero-order chi connectivity index (χ0) is 24.4. The van der Waals surface area contributed by atoms with Gasteiger partial charge in [0.15, 0.2) is 0 Å². The van der Waals surface area contributed by atoms with Crippen molar-refractivity contribution in [3.63, 3.8) is 0 Å². The Morgan fingerprint density at radius 1 is 1.24 bits per heavy atom. The van der Waals surface area contributed by atoms with Crippen molar-refractivity contribution < 1.29 is 9.53 Å². The maximum Gasteiger partial charge on any atom is 0.277 e. The third-order valence-electron chi connectivity index (χ3n) is 5.50. The van der Waals surface area contributed by atoms with Crippen LogP contribution < -0.4 is 16.0 Å². The molecule has 34 heavy (non-hydrogen) atoms. The van der Waals surface area contributed by atoms with Crippen molar-refractivity contribution in [2.45, 2.75) is 12.8 Å². The molecule has 0 saturated heterocycles. The average molecular weight is 494 g/mol. The van der Waals surface area contributed by atoms with E-state index in [0.29, 0.717) is 21.4 Å². The molecule has 0 saturated carbocycles. The molecule has 10 heteroatoms. The van der Waals surface area contributed by atoms with Gasteiger partial charge in [0, 0.05) is 28.4 Å². The van der Waals surface area contributed by atoms with Crippen LogP contribution in [-0.4, -0.2) is 27.8 Å². The average Bonchev–Trinajstić information content (AvgIpc) is 3.43. The van der Waals surface area contributed by atoms with Gasteiger partial charge < -0.3 is 10.5 Å². The summed E-state index contributed by atoms with van der Waals surface area (Å²) in [6.07, 6.45) is 1.68. The monoisotopic (exact) mass is 493 g/mol. The van der Waals surface area contributed by atoms with E-state index in [1.807, 2.05) is 30.3 Å². The number of methoxy groups -OCH3 is 1. The quantitative estimate of drug-likeness (QED) is 0.402. The summed E-state index contributed by atoms with van der Waals surface area (Å²) in [7, 11) is 1.60. The number of hydrogen-bond donors (Lipinski definition) is 2. The van der Waals surface area contributed by atoms with Gasteiger partial charge in [0.1, 0.15) is 11.7 Å². The molecule has 0 radical (unpaired) electrons. The summed E-state index contributed by atoms with van der Waals surface area (Å²) in [6, 6.07) is 16.1. The number of amides is 1. The molecule has 0 aliphatic heterocycles. The second-order valence-electron chi connectivity index (χ2n) is 7.56. The van der Waals surface area contributed by atoms with Crippen molar-refractivity contribution in [3.05, 3.63) is 86.9 Å². The van der Waals surface area contributed by atoms with Crippen molar-refractivity contribution in [1.29, 1.82) is 5.26 Å². The molecule has 0 spiro atoms. The minimum atomic E-state index is -1.25. The zero-order valence-electron chi connectivity index (χ0n) is 18.3. The Bertz CT molecular complexity index is 1430. The molecule has 0 unspecified atom stereocenters. The van der Waals surface area contributed by atoms with Crippen molar-refractivity contribution in [2.75, 3.05) is 7.11 Å². The molecule has 4 rings (SSSR count). The van der Waals surface area contributed by atoms with E-state index in [9.17, 15) is 14.9 Å². The molecular formula is C24H20ClN5O3S. The SMILES string of the molecule is COc1ccc(-c2cnc(-n3[nH]c(C)c([C@H](c4ccc(Cl)cc4)[C@H](C#N)C(N)=O)c3=O)s2)cc1. The highest BCUT2D eigenvalue weighted by molar-refractivity contribution is 7.17. The molecular weight excluding hydrogens is 474 g/mol. The predicted molar refractivity (Wildman–Crippen MR) is 130 cm³/mol. The highest BCUT2D eigenvalue weighted by atomic mass is 35.5. The Labute approximate surface area is 204 Å². The summed E-state index contributed by atoms with van der Waals surface area (Å²) in [5.41, 5.74) is 7.42. The van der Waals surface area contributed by atoms with E-state index in [2.05, 4.69) is 10.1 Å². The van der Waals surface area contributed by atoms with E-state index in [4.69, 9.17) is 22.1 Å². The first kappa shape index (κ1) is 23.3. The van der Waals surface area contributed by atoms with Crippen molar-refractivity contribution in [2.24, 2.45) is 11.7 Å². The van der Waals surface area contributed by atoms with E-state index in [0.717, 1.165) is 16.2 Å². The maximum absolute atomic E-state index is 13.5. The molecule has 8 nitrogen and oxygen atoms in total. The number of nitriles is 1. The van der Waals surface area contributed by atoms with Gasteiger partial charge in [-0.05, 0) is 54.4 Å². The summed E-state index contributed by atoms with van der Waals surface area (Å²) in [5, 5.41) is 13.7. The van der Waals surface area contributed by atoms with Crippen LogP contribution in [0.4, 0.5) is 0 Å². The number of benzene rings is 2. The fraction of sp³-hybridized carbons (Fsp3) is 0.167. The molecule has 2 aromatic carbocycles. The number of thiazole rings is 1. The van der Waals surface area contributed by atoms with E-state index < -0.39 is 23.3 Å². The Morgan fingerprint density at radius 3 is 2.50 bits per heavy atom. The largest absolute Gasteiger partial charge is 0.497 e. The number of aryl methyl sites for hydroxylation is 1. The van der Waals surface area contributed by atoms with Gasteiger partial charge in [0.05, 0.1) is 18.1 Å². The second kappa shape index (κ2) is 9.55. The van der Waals surface area contributed by atoms with E-state index in [1.165, 1.54) is 16.0 Å². The molecule has 4 aromatic rings. The van der Waals surface area contributed by atoms with Gasteiger partial charge in [-0.3, -0.25) is 14.7 Å². The van der Waals surface area contributed by atoms with Crippen LogP contribution in [0, 0.1) is 24.2 Å². The lowest BCUT2D eigenvalue weighted by Gasteiger charge is -2.19. The molecule has 1 amide bonds. The van der Waals surface area contributed by atoms with Gasteiger partial charge in [-0.1, -0.05) is 35.1 Å². The van der Waals surface area contributed by atoms with Gasteiger partial charge in [-0.25, -0.2) is 4.98 Å². The Balaban J connectivity index is 1.80. The smallest absolute Gasteiger partial charge is 0.277 e. The molecule has 0 aliphatic rings. The number of nitrogens with zero attached hydrogens (tertiary/aromatic N) is 3. The van der Waals surface area contributed by atoms with Crippen LogP contribution in [0.1, 0.15) is 22.7 Å². The van der Waals surface area contributed by atoms with Crippen LogP contribution in [0.5, 0.6) is 5.75 Å². The number of halogens is 1. The molecule has 172 valence electrons. The molecule has 0 bridgehead atoms. The van der Waals surface area contributed by atoms with Gasteiger partial charge in [-0.15, -0.1) is 0 Å². The lowest BCUT2D eigenvalue weighted by molar-refractivity contribution is -0.120. The lowest BCUT2D eigenvalue weighted by Crippen LogP contribution is -2.31. The normalized spacial score (nSPS) is 12.6. The predicted octanol–water partition coefficient (Wildman–Crippen LogP) is 4.02. The summed E-state index contributed by atoms with van der Waals surface area (Å²) < 4.78 is 6.52. The minimum absolute atomic E-state index is 0.272. The lowest BCUT2D eigenvalue weighted by atomic mass is 9.81. The zero-order valence-corrected chi connectivity index (χ0v) is 19.9. The van der Waals surface area contributed by atoms with E-state index in [-0.39, 0.29) is 5.56 Å². The summed E-state index contributed by atoms with van der Waals surface area (Å²) >= 11 is 7.34. The van der Waals surface area contributed by atoms with Crippen LogP contribution in [-0.2, 0) is 4.79 Å². The Morgan fingerprint density at radius 2 is 1.91 bits per heavy atom. The third kappa shape index (κ3) is 4.33. The number of aromatic nitrogens is 3. The van der Waals surface area contributed by atoms with Crippen LogP contribution in [0.2, 0.25) is 5.02 Å². The van der Waals surface area contributed by atoms with Gasteiger partial charge >= 0.3 is 0 Å². The number of hydrogen-bond acceptors (Lipinski definition) is 6. The van der Waals surface area contributed by atoms with Gasteiger partial charge in [0.25, 0.3) is 5.56 Å². The number of nitrogens with one attached hydrogen (secondary N) is 1. The van der Waals surface area contributed by atoms with Crippen LogP contribution in [0.3, 0.4) is 0 Å². The molecule has 2 atom stereocenters. The van der Waals surface area contributed by atoms with E-state index >= 15 is 0 Å². The number of carbonyl (C=O) groups is 1. The van der Waals surface area contributed by atoms with Crippen molar-refractivity contribution in [3.8, 4) is 27.4 Å². The third-order valence-corrected chi connectivity index (χ3v) is 6.78. The molecule has 2 heterocycles. The Hall–Kier alpha value is -3.87. The number of primary amides is 1. The maximum atomic E-state index is 13.5. The van der Waals surface area contributed by atoms with Crippen LogP contribution in [0.15, 0.2) is 59.5 Å². The summed E-state index contributed by atoms with van der Waals surface area (Å²) in [4.78, 5) is 30.9. The van der Waals surface area contributed by atoms with Crippen LogP contribution >= 0.6 is 22.9 Å². The molecule has 2 aromatic heterocycles. The highest BCUT2D eigenvalue weighted by Crippen LogP contribution is 2.34. The first-order valence-corrected chi connectivity index (χ1v) is 11.4. The minimum Gasteiger partial charge on any atom is -0.497 e. The first-order valence-electron chi connectivity index (χ1n) is 10.2. The number of aromatic amines is 1. The van der Waals surface area contributed by atoms with Crippen molar-refractivity contribution in [1.82, 2.24) is 14.8 Å². The number of carbonyl (C=O) groups excluding carboxylic acids is 1. The highest BCUT2D eigenvalue weighted by Gasteiger charge is 2.34. The number of H-pyrrole nitrogens is 1. The number of nitrogens with two attached hydrogens (primary N) is 1. The van der Waals surface area contributed by atoms with Crippen LogP contribution in [0.25, 0.3) is 15.6 Å². The second-order valence-corrected chi connectivity index (χ2v) is 9.01. The standard InChI is InChI=1S/C24H20ClN5O3S/c1-13-20(21(18(11-26)22(27)31)15-3-7-16(25)8-4-15)23(32)30(29-13)24-28-12-19(34-24)14-5-9-17(33-2)10-6-14/h3-10,12,18,21,29H,1-2H3,(H2,27,31)/t18-,21+/m0/s1. The fourth-order valence-electron chi connectivity index (χ4n) is 3.82. The molecule has 0 aliphatic carbocycles. The first-order chi connectivity index (χ1) is 16.3. The Kier molecular flexibility index (Phi) is 6.54. The summed E-state index contributed by atoms with van der Waals surface area (Å²) in [6.45, 7) is 1.71. The van der Waals surface area contributed by atoms with E-state index in [1.54, 1.807) is 44.5 Å². The fourth-order valence-corrected chi connectivity index (χ4v) is 4.82. The van der Waals surface area contributed by atoms with Gasteiger partial charge in [0.2, 0.25) is 11.0 Å². The van der Waals surface area contributed by atoms with Crippen molar-refractivity contribution >= 4 is 28.8 Å². The topological polar surface area (TPSA) is 127 Å².